The highest BCUT2D eigenvalue weighted by molar-refractivity contribution is 8.01. The molecule has 0 unspecified atom stereocenters. The van der Waals surface area contributed by atoms with E-state index in [1.54, 1.807) is 11.8 Å². The second-order valence-corrected chi connectivity index (χ2v) is 2.83. The van der Waals surface area contributed by atoms with Crippen molar-refractivity contribution in [2.45, 2.75) is 5.75 Å². The second kappa shape index (κ2) is 2.07. The highest BCUT2D eigenvalue weighted by Gasteiger charge is 2.09. The third kappa shape index (κ3) is 0.855. The van der Waals surface area contributed by atoms with Crippen molar-refractivity contribution in [2.75, 3.05) is 0 Å². The average Bonchev–Trinajstić information content (AvgIpc) is 2.33. The molecular weight excluding hydrogens is 128 g/mol. The minimum absolute atomic E-state index is 1.11. The molecule has 1 heterocycles. The molecule has 0 saturated heterocycles. The van der Waals surface area contributed by atoms with Gasteiger partial charge in [-0.05, 0) is 11.1 Å². The Labute approximate surface area is 59.3 Å². The quantitative estimate of drug-likeness (QED) is 0.524. The van der Waals surface area contributed by atoms with Gasteiger partial charge in [-0.25, -0.2) is 0 Å². The van der Waals surface area contributed by atoms with Gasteiger partial charge in [0.1, 0.15) is 0 Å². The van der Waals surface area contributed by atoms with Crippen LogP contribution in [0.1, 0.15) is 11.1 Å². The van der Waals surface area contributed by atoms with Crippen molar-refractivity contribution in [1.29, 1.82) is 0 Å². The molecular formula is C8H6S. The van der Waals surface area contributed by atoms with Crippen LogP contribution in [0, 0.1) is 5.75 Å². The van der Waals surface area contributed by atoms with E-state index in [4.69, 9.17) is 0 Å². The Balaban J connectivity index is 2.54. The summed E-state index contributed by atoms with van der Waals surface area (Å²) in [5, 5.41) is 0. The zero-order valence-electron chi connectivity index (χ0n) is 4.92. The molecule has 1 aromatic carbocycles. The smallest absolute Gasteiger partial charge is 0.0824 e. The fourth-order valence-electron chi connectivity index (χ4n) is 0.937. The van der Waals surface area contributed by atoms with E-state index >= 15 is 0 Å². The number of rotatable bonds is 0. The molecule has 0 aromatic heterocycles. The largest absolute Gasteiger partial charge is 0.142 e. The summed E-state index contributed by atoms with van der Waals surface area (Å²) < 4.78 is 0. The highest BCUT2D eigenvalue weighted by Crippen LogP contribution is 2.30. The Hall–Kier alpha value is -0.430. The van der Waals surface area contributed by atoms with Crippen LogP contribution in [0.15, 0.2) is 24.3 Å². The van der Waals surface area contributed by atoms with Crippen molar-refractivity contribution >= 4 is 11.8 Å². The summed E-state index contributed by atoms with van der Waals surface area (Å²) in [7, 11) is 0. The van der Waals surface area contributed by atoms with Crippen LogP contribution in [0.4, 0.5) is 0 Å². The van der Waals surface area contributed by atoms with Gasteiger partial charge in [0.25, 0.3) is 0 Å². The first-order chi connectivity index (χ1) is 4.47. The molecule has 1 aromatic rings. The normalized spacial score (nSPS) is 15.6. The molecule has 9 heavy (non-hydrogen) atoms. The van der Waals surface area contributed by atoms with Crippen molar-refractivity contribution in [2.24, 2.45) is 0 Å². The van der Waals surface area contributed by atoms with E-state index in [1.165, 1.54) is 11.1 Å². The van der Waals surface area contributed by atoms with E-state index < -0.39 is 0 Å². The summed E-state index contributed by atoms with van der Waals surface area (Å²) in [6, 6.07) is 8.39. The Morgan fingerprint density at radius 1 is 1.33 bits per heavy atom. The van der Waals surface area contributed by atoms with Gasteiger partial charge < -0.3 is 0 Å². The van der Waals surface area contributed by atoms with E-state index in [0.29, 0.717) is 0 Å². The Morgan fingerprint density at radius 3 is 3.11 bits per heavy atom. The summed E-state index contributed by atoms with van der Waals surface area (Å²) in [6.07, 6.45) is 0. The predicted octanol–water partition coefficient (Wildman–Crippen LogP) is 2.32. The lowest BCUT2D eigenvalue weighted by Crippen LogP contribution is -1.76. The van der Waals surface area contributed by atoms with Crippen LogP contribution in [0.3, 0.4) is 0 Å². The van der Waals surface area contributed by atoms with Gasteiger partial charge in [0.05, 0.1) is 5.75 Å². The van der Waals surface area contributed by atoms with E-state index in [-0.39, 0.29) is 0 Å². The molecule has 0 saturated carbocycles. The maximum atomic E-state index is 3.22. The minimum atomic E-state index is 1.11. The van der Waals surface area contributed by atoms with Crippen molar-refractivity contribution in [1.82, 2.24) is 0 Å². The van der Waals surface area contributed by atoms with Gasteiger partial charge in [-0.15, -0.1) is 11.8 Å². The summed E-state index contributed by atoms with van der Waals surface area (Å²) in [5.41, 5.74) is 2.70. The van der Waals surface area contributed by atoms with E-state index in [1.807, 2.05) is 0 Å². The van der Waals surface area contributed by atoms with Crippen LogP contribution in [-0.2, 0) is 5.75 Å². The van der Waals surface area contributed by atoms with Gasteiger partial charge in [0, 0.05) is 5.75 Å². The summed E-state index contributed by atoms with van der Waals surface area (Å²) in [6.45, 7) is 0. The Bertz CT molecular complexity index is 195. The molecule has 0 N–H and O–H groups in total. The first kappa shape index (κ1) is 5.36. The summed E-state index contributed by atoms with van der Waals surface area (Å²) in [5.74, 6) is 4.32. The standard InChI is InChI=1S/C8H6S/c1-2-4-8-6-9-5-7(8)3-1/h1-4H,5H2. The summed E-state index contributed by atoms with van der Waals surface area (Å²) >= 11 is 1.75. The Morgan fingerprint density at radius 2 is 2.22 bits per heavy atom. The lowest BCUT2D eigenvalue weighted by atomic mass is 10.1. The first-order valence-electron chi connectivity index (χ1n) is 2.92. The molecule has 2 radical (unpaired) electrons. The van der Waals surface area contributed by atoms with Crippen LogP contribution in [0.25, 0.3) is 0 Å². The third-order valence-electron chi connectivity index (χ3n) is 1.43. The van der Waals surface area contributed by atoms with Crippen LogP contribution in [-0.4, -0.2) is 0 Å². The molecule has 1 aliphatic rings. The molecule has 0 bridgehead atoms. The van der Waals surface area contributed by atoms with E-state index in [2.05, 4.69) is 30.0 Å². The lowest BCUT2D eigenvalue weighted by molar-refractivity contribution is 1.41. The fraction of sp³-hybridized carbons (Fsp3) is 0.125. The number of fused-ring (bicyclic) bond motifs is 1. The average molecular weight is 134 g/mol. The minimum Gasteiger partial charge on any atom is -0.142 e. The van der Waals surface area contributed by atoms with Crippen LogP contribution in [0.5, 0.6) is 0 Å². The molecule has 0 nitrogen and oxygen atoms in total. The van der Waals surface area contributed by atoms with E-state index in [9.17, 15) is 0 Å². The van der Waals surface area contributed by atoms with Crippen LogP contribution < -0.4 is 0 Å². The molecule has 0 spiro atoms. The second-order valence-electron chi connectivity index (χ2n) is 2.05. The fourth-order valence-corrected chi connectivity index (χ4v) is 1.77. The van der Waals surface area contributed by atoms with Crippen molar-refractivity contribution in [3.05, 3.63) is 41.1 Å². The monoisotopic (exact) mass is 134 g/mol. The molecule has 0 amide bonds. The molecule has 44 valence electrons. The number of hydrogen-bond acceptors (Lipinski definition) is 1. The molecule has 1 aliphatic heterocycles. The topological polar surface area (TPSA) is 0 Å². The SMILES string of the molecule is [C]1SCc2ccccc21. The maximum Gasteiger partial charge on any atom is 0.0824 e. The van der Waals surface area contributed by atoms with Crippen molar-refractivity contribution < 1.29 is 0 Å². The molecule has 0 aliphatic carbocycles. The molecule has 0 fully saturated rings. The first-order valence-corrected chi connectivity index (χ1v) is 3.91. The summed E-state index contributed by atoms with van der Waals surface area (Å²) in [4.78, 5) is 0. The van der Waals surface area contributed by atoms with Crippen LogP contribution in [0.2, 0.25) is 0 Å². The lowest BCUT2D eigenvalue weighted by Gasteiger charge is -1.91. The van der Waals surface area contributed by atoms with Crippen LogP contribution >= 0.6 is 11.8 Å². The Kier molecular flexibility index (Phi) is 1.23. The van der Waals surface area contributed by atoms with Gasteiger partial charge >= 0.3 is 0 Å². The van der Waals surface area contributed by atoms with Gasteiger partial charge in [0.2, 0.25) is 0 Å². The predicted molar refractivity (Wildman–Crippen MR) is 40.1 cm³/mol. The van der Waals surface area contributed by atoms with Gasteiger partial charge in [-0.1, -0.05) is 24.3 Å². The van der Waals surface area contributed by atoms with Gasteiger partial charge in [0.15, 0.2) is 0 Å². The highest BCUT2D eigenvalue weighted by atomic mass is 32.2. The number of thioether (sulfide) groups is 1. The molecule has 1 heteroatoms. The maximum absolute atomic E-state index is 3.22. The van der Waals surface area contributed by atoms with Crippen molar-refractivity contribution in [3.8, 4) is 0 Å². The third-order valence-corrected chi connectivity index (χ3v) is 2.25. The zero-order chi connectivity index (χ0) is 6.10. The molecule has 0 atom stereocenters. The van der Waals surface area contributed by atoms with E-state index in [0.717, 1.165) is 5.75 Å². The number of hydrogen-bond donors (Lipinski definition) is 0. The number of benzene rings is 1. The van der Waals surface area contributed by atoms with Gasteiger partial charge in [-0.3, -0.25) is 0 Å². The van der Waals surface area contributed by atoms with Gasteiger partial charge in [-0.2, -0.15) is 0 Å². The molecule has 2 rings (SSSR count). The zero-order valence-corrected chi connectivity index (χ0v) is 5.74. The van der Waals surface area contributed by atoms with Crippen molar-refractivity contribution in [3.63, 3.8) is 0 Å².